The van der Waals surface area contributed by atoms with Crippen molar-refractivity contribution in [2.45, 2.75) is 51.7 Å². The van der Waals surface area contributed by atoms with Gasteiger partial charge in [-0.2, -0.15) is 0 Å². The average Bonchev–Trinajstić information content (AvgIpc) is 2.77. The number of alkyl halides is 2. The molecule has 1 aromatic heterocycles. The number of hydrogen-bond acceptors (Lipinski definition) is 8. The molecule has 1 aromatic carbocycles. The van der Waals surface area contributed by atoms with Crippen molar-refractivity contribution >= 4 is 11.9 Å². The first-order chi connectivity index (χ1) is 15.6. The maximum atomic E-state index is 13.6. The van der Waals surface area contributed by atoms with Gasteiger partial charge in [0.1, 0.15) is 17.9 Å². The Kier molecular flexibility index (Phi) is 9.34. The molecule has 1 heterocycles. The van der Waals surface area contributed by atoms with Gasteiger partial charge in [0, 0.05) is 12.3 Å². The number of esters is 1. The molecule has 2 aromatic rings. The number of aliphatic hydroxyl groups excluding tert-OH is 1. The van der Waals surface area contributed by atoms with Crippen LogP contribution in [0, 0.1) is 0 Å². The first-order valence-electron chi connectivity index (χ1n) is 10.0. The SMILES string of the molecule is COc1ccnc(C(=O)N[C@@H](C)C(=O)O[C@H](C(F)F)[C@H](C)Oc2ccccc2)c1OC(C)O. The number of carbonyl (C=O) groups excluding carboxylic acids is 2. The van der Waals surface area contributed by atoms with E-state index in [1.165, 1.54) is 40.1 Å². The van der Waals surface area contributed by atoms with Crippen LogP contribution in [0.5, 0.6) is 17.2 Å². The molecule has 1 amide bonds. The highest BCUT2D eigenvalue weighted by molar-refractivity contribution is 5.98. The summed E-state index contributed by atoms with van der Waals surface area (Å²) < 4.78 is 47.8. The molecule has 0 bridgehead atoms. The molecule has 9 nitrogen and oxygen atoms in total. The number of halogens is 2. The lowest BCUT2D eigenvalue weighted by Gasteiger charge is -2.26. The zero-order chi connectivity index (χ0) is 24.5. The summed E-state index contributed by atoms with van der Waals surface area (Å²) in [6.45, 7) is 3.93. The maximum Gasteiger partial charge on any atom is 0.328 e. The maximum absolute atomic E-state index is 13.6. The van der Waals surface area contributed by atoms with Gasteiger partial charge in [-0.05, 0) is 32.9 Å². The highest BCUT2D eigenvalue weighted by Gasteiger charge is 2.34. The lowest BCUT2D eigenvalue weighted by molar-refractivity contribution is -0.167. The van der Waals surface area contributed by atoms with Crippen LogP contribution in [-0.2, 0) is 9.53 Å². The van der Waals surface area contributed by atoms with Crippen molar-refractivity contribution < 1.29 is 42.4 Å². The van der Waals surface area contributed by atoms with Crippen molar-refractivity contribution in [2.24, 2.45) is 0 Å². The molecule has 0 saturated heterocycles. The van der Waals surface area contributed by atoms with Crippen molar-refractivity contribution in [3.8, 4) is 17.2 Å². The number of carbonyl (C=O) groups is 2. The van der Waals surface area contributed by atoms with Gasteiger partial charge in [0.15, 0.2) is 29.6 Å². The van der Waals surface area contributed by atoms with Gasteiger partial charge in [0.05, 0.1) is 7.11 Å². The van der Waals surface area contributed by atoms with Gasteiger partial charge in [0.25, 0.3) is 12.3 Å². The number of para-hydroxylation sites is 1. The third kappa shape index (κ3) is 7.28. The van der Waals surface area contributed by atoms with Gasteiger partial charge in [-0.25, -0.2) is 18.6 Å². The third-order valence-electron chi connectivity index (χ3n) is 4.32. The minimum Gasteiger partial charge on any atom is -0.493 e. The Morgan fingerprint density at radius 2 is 1.73 bits per heavy atom. The number of benzene rings is 1. The highest BCUT2D eigenvalue weighted by atomic mass is 19.3. The predicted molar refractivity (Wildman–Crippen MR) is 112 cm³/mol. The van der Waals surface area contributed by atoms with E-state index in [2.05, 4.69) is 10.3 Å². The number of hydrogen-bond donors (Lipinski definition) is 2. The molecular formula is C22H26F2N2O7. The molecule has 180 valence electrons. The Balaban J connectivity index is 2.09. The third-order valence-corrected chi connectivity index (χ3v) is 4.32. The lowest BCUT2D eigenvalue weighted by Crippen LogP contribution is -2.45. The second-order valence-electron chi connectivity index (χ2n) is 6.98. The van der Waals surface area contributed by atoms with Crippen LogP contribution in [0.2, 0.25) is 0 Å². The number of aliphatic hydroxyl groups is 1. The summed E-state index contributed by atoms with van der Waals surface area (Å²) >= 11 is 0. The number of pyridine rings is 1. The zero-order valence-corrected chi connectivity index (χ0v) is 18.5. The number of nitrogens with one attached hydrogen (secondary N) is 1. The lowest BCUT2D eigenvalue weighted by atomic mass is 10.2. The smallest absolute Gasteiger partial charge is 0.328 e. The fourth-order valence-corrected chi connectivity index (χ4v) is 2.73. The summed E-state index contributed by atoms with van der Waals surface area (Å²) in [5, 5.41) is 11.8. The Morgan fingerprint density at radius 1 is 1.06 bits per heavy atom. The topological polar surface area (TPSA) is 116 Å². The molecule has 0 aliphatic rings. The molecule has 33 heavy (non-hydrogen) atoms. The van der Waals surface area contributed by atoms with Crippen LogP contribution in [0.25, 0.3) is 0 Å². The molecule has 1 unspecified atom stereocenters. The van der Waals surface area contributed by atoms with Crippen LogP contribution in [0.4, 0.5) is 8.78 Å². The summed E-state index contributed by atoms with van der Waals surface area (Å²) in [7, 11) is 1.33. The van der Waals surface area contributed by atoms with Crippen LogP contribution in [0.15, 0.2) is 42.6 Å². The Morgan fingerprint density at radius 3 is 2.30 bits per heavy atom. The zero-order valence-electron chi connectivity index (χ0n) is 18.5. The number of methoxy groups -OCH3 is 1. The Hall–Kier alpha value is -3.47. The quantitative estimate of drug-likeness (QED) is 0.382. The van der Waals surface area contributed by atoms with Crippen molar-refractivity contribution in [3.05, 3.63) is 48.3 Å². The molecule has 0 fully saturated rings. The standard InChI is InChI=1S/C22H26F2N2O7/c1-12(26-21(28)17-19(32-14(3)27)16(30-4)10-11-25-17)22(29)33-18(20(23)24)13(2)31-15-8-6-5-7-9-15/h5-14,18,20,27H,1-4H3,(H,26,28)/t12-,13-,14?,18-/m0/s1. The van der Waals surface area contributed by atoms with Crippen molar-refractivity contribution in [2.75, 3.05) is 7.11 Å². The number of nitrogens with zero attached hydrogens (tertiary/aromatic N) is 1. The van der Waals surface area contributed by atoms with E-state index in [0.717, 1.165) is 0 Å². The van der Waals surface area contributed by atoms with Gasteiger partial charge in [-0.3, -0.25) is 4.79 Å². The summed E-state index contributed by atoms with van der Waals surface area (Å²) in [4.78, 5) is 29.0. The van der Waals surface area contributed by atoms with Gasteiger partial charge >= 0.3 is 5.97 Å². The van der Waals surface area contributed by atoms with E-state index in [1.807, 2.05) is 0 Å². The first kappa shape index (κ1) is 25.8. The second kappa shape index (κ2) is 12.0. The van der Waals surface area contributed by atoms with E-state index in [9.17, 15) is 23.5 Å². The Bertz CT molecular complexity index is 928. The number of rotatable bonds is 11. The largest absolute Gasteiger partial charge is 0.493 e. The van der Waals surface area contributed by atoms with Gasteiger partial charge in [-0.1, -0.05) is 18.2 Å². The molecule has 0 spiro atoms. The number of ether oxygens (including phenoxy) is 4. The summed E-state index contributed by atoms with van der Waals surface area (Å²) in [5.74, 6) is -1.66. The molecule has 0 saturated carbocycles. The average molecular weight is 468 g/mol. The molecule has 2 N–H and O–H groups in total. The van der Waals surface area contributed by atoms with Crippen LogP contribution < -0.4 is 19.5 Å². The Labute approximate surface area is 189 Å². The number of amides is 1. The summed E-state index contributed by atoms with van der Waals surface area (Å²) in [6, 6.07) is 8.34. The van der Waals surface area contributed by atoms with E-state index in [4.69, 9.17) is 18.9 Å². The van der Waals surface area contributed by atoms with Crippen molar-refractivity contribution in [1.82, 2.24) is 10.3 Å². The molecule has 2 rings (SSSR count). The molecule has 4 atom stereocenters. The van der Waals surface area contributed by atoms with Crippen LogP contribution in [0.3, 0.4) is 0 Å². The van der Waals surface area contributed by atoms with Crippen LogP contribution >= 0.6 is 0 Å². The van der Waals surface area contributed by atoms with Crippen molar-refractivity contribution in [1.29, 1.82) is 0 Å². The van der Waals surface area contributed by atoms with E-state index in [-0.39, 0.29) is 17.2 Å². The molecule has 11 heteroatoms. The predicted octanol–water partition coefficient (Wildman–Crippen LogP) is 2.57. The van der Waals surface area contributed by atoms with Crippen LogP contribution in [0.1, 0.15) is 31.3 Å². The minimum absolute atomic E-state index is 0.121. The highest BCUT2D eigenvalue weighted by Crippen LogP contribution is 2.30. The van der Waals surface area contributed by atoms with E-state index >= 15 is 0 Å². The normalized spacial score (nSPS) is 14.5. The molecule has 0 aliphatic heterocycles. The first-order valence-corrected chi connectivity index (χ1v) is 10.0. The monoisotopic (exact) mass is 468 g/mol. The fourth-order valence-electron chi connectivity index (χ4n) is 2.73. The fraction of sp³-hybridized carbons (Fsp3) is 0.409. The number of aromatic nitrogens is 1. The summed E-state index contributed by atoms with van der Waals surface area (Å²) in [5.41, 5.74) is -0.277. The molecular weight excluding hydrogens is 442 g/mol. The van der Waals surface area contributed by atoms with E-state index in [0.29, 0.717) is 5.75 Å². The van der Waals surface area contributed by atoms with Gasteiger partial charge in [0.2, 0.25) is 0 Å². The molecule has 0 aliphatic carbocycles. The molecule has 0 radical (unpaired) electrons. The van der Waals surface area contributed by atoms with Crippen LogP contribution in [-0.4, -0.2) is 60.0 Å². The summed E-state index contributed by atoms with van der Waals surface area (Å²) in [6.07, 6.45) is -6.08. The van der Waals surface area contributed by atoms with Crippen molar-refractivity contribution in [3.63, 3.8) is 0 Å². The van der Waals surface area contributed by atoms with Gasteiger partial charge < -0.3 is 29.4 Å². The minimum atomic E-state index is -3.03. The van der Waals surface area contributed by atoms with Gasteiger partial charge in [-0.15, -0.1) is 0 Å². The van der Waals surface area contributed by atoms with E-state index < -0.39 is 42.8 Å². The second-order valence-corrected chi connectivity index (χ2v) is 6.98. The van der Waals surface area contributed by atoms with E-state index in [1.54, 1.807) is 30.3 Å².